The highest BCUT2D eigenvalue weighted by Gasteiger charge is 2.48. The van der Waals surface area contributed by atoms with Crippen LogP contribution in [0.25, 0.3) is 5.76 Å². The number of ether oxygens (including phenoxy) is 2. The molecule has 0 spiro atoms. The van der Waals surface area contributed by atoms with Crippen LogP contribution in [0.3, 0.4) is 0 Å². The normalized spacial score (nSPS) is 16.7. The minimum Gasteiger partial charge on any atom is -0.507 e. The van der Waals surface area contributed by atoms with Crippen LogP contribution in [-0.2, 0) is 14.3 Å². The topological polar surface area (TPSA) is 106 Å². The fourth-order valence-electron chi connectivity index (χ4n) is 4.29. The number of amides is 1. The second-order valence-corrected chi connectivity index (χ2v) is 10.0. The summed E-state index contributed by atoms with van der Waals surface area (Å²) in [4.78, 5) is 45.2. The lowest BCUT2D eigenvalue weighted by molar-refractivity contribution is -0.132. The minimum atomic E-state index is -0.937. The third kappa shape index (κ3) is 5.06. The number of aryl methyl sites for hydroxylation is 3. The molecule has 198 valence electrons. The van der Waals surface area contributed by atoms with Crippen molar-refractivity contribution in [3.8, 4) is 5.75 Å². The third-order valence-electron chi connectivity index (χ3n) is 6.20. The van der Waals surface area contributed by atoms with Crippen LogP contribution < -0.4 is 9.64 Å². The molecular weight excluding hydrogens is 504 g/mol. The highest BCUT2D eigenvalue weighted by atomic mass is 32.1. The van der Waals surface area contributed by atoms with Crippen LogP contribution in [0.5, 0.6) is 5.75 Å². The smallest absolute Gasteiger partial charge is 0.350 e. The van der Waals surface area contributed by atoms with Crippen LogP contribution in [0.2, 0.25) is 0 Å². The van der Waals surface area contributed by atoms with E-state index < -0.39 is 23.7 Å². The Morgan fingerprint density at radius 3 is 2.42 bits per heavy atom. The minimum absolute atomic E-state index is 0.0500. The predicted octanol–water partition coefficient (Wildman–Crippen LogP) is 5.66. The van der Waals surface area contributed by atoms with E-state index >= 15 is 0 Å². The summed E-state index contributed by atoms with van der Waals surface area (Å²) in [6, 6.07) is 11.6. The van der Waals surface area contributed by atoms with Crippen LogP contribution >= 0.6 is 11.3 Å². The Kier molecular flexibility index (Phi) is 7.97. The molecule has 1 aromatic heterocycles. The van der Waals surface area contributed by atoms with Crippen molar-refractivity contribution in [1.82, 2.24) is 4.98 Å². The number of nitrogens with zero attached hydrogens (tertiary/aromatic N) is 2. The molecule has 1 amide bonds. The summed E-state index contributed by atoms with van der Waals surface area (Å²) < 4.78 is 10.9. The third-order valence-corrected chi connectivity index (χ3v) is 7.34. The molecule has 2 aromatic carbocycles. The Labute approximate surface area is 225 Å². The van der Waals surface area contributed by atoms with Crippen LogP contribution in [0, 0.1) is 20.8 Å². The molecular formula is C29H30N2O6S. The average molecular weight is 535 g/mol. The van der Waals surface area contributed by atoms with Gasteiger partial charge in [0.05, 0.1) is 30.5 Å². The molecule has 0 bridgehead atoms. The molecule has 1 N–H and O–H groups in total. The van der Waals surface area contributed by atoms with E-state index in [1.54, 1.807) is 32.0 Å². The Morgan fingerprint density at radius 2 is 1.79 bits per heavy atom. The van der Waals surface area contributed by atoms with Gasteiger partial charge in [-0.2, -0.15) is 0 Å². The predicted molar refractivity (Wildman–Crippen MR) is 146 cm³/mol. The molecule has 1 atom stereocenters. The molecule has 4 rings (SSSR count). The maximum Gasteiger partial charge on any atom is 0.350 e. The molecule has 8 nitrogen and oxygen atoms in total. The first-order valence-corrected chi connectivity index (χ1v) is 13.2. The number of anilines is 1. The van der Waals surface area contributed by atoms with Gasteiger partial charge in [-0.15, -0.1) is 0 Å². The van der Waals surface area contributed by atoms with Gasteiger partial charge in [0, 0.05) is 5.56 Å². The number of carbonyl (C=O) groups is 3. The van der Waals surface area contributed by atoms with Crippen molar-refractivity contribution >= 4 is 39.9 Å². The zero-order chi connectivity index (χ0) is 27.6. The zero-order valence-electron chi connectivity index (χ0n) is 22.0. The van der Waals surface area contributed by atoms with Crippen LogP contribution in [0.1, 0.15) is 63.9 Å². The summed E-state index contributed by atoms with van der Waals surface area (Å²) in [6.07, 6.45) is 0.856. The SMILES string of the molecule is CCCOc1ccc(C(O)=C2C(=O)C(=O)N(c3nc(C)c(C(=O)OCC)s3)C2c2ccc(C)cc2)cc1C. The zero-order valence-corrected chi connectivity index (χ0v) is 22.8. The highest BCUT2D eigenvalue weighted by molar-refractivity contribution is 7.17. The lowest BCUT2D eigenvalue weighted by atomic mass is 9.94. The van der Waals surface area contributed by atoms with E-state index in [-0.39, 0.29) is 27.9 Å². The maximum absolute atomic E-state index is 13.4. The molecule has 2 heterocycles. The first-order chi connectivity index (χ1) is 18.2. The average Bonchev–Trinajstić information content (AvgIpc) is 3.40. The Balaban J connectivity index is 1.86. The van der Waals surface area contributed by atoms with Gasteiger partial charge in [-0.1, -0.05) is 48.1 Å². The second kappa shape index (κ2) is 11.2. The first kappa shape index (κ1) is 27.1. The van der Waals surface area contributed by atoms with Crippen molar-refractivity contribution in [3.63, 3.8) is 0 Å². The second-order valence-electron chi connectivity index (χ2n) is 9.04. The van der Waals surface area contributed by atoms with Gasteiger partial charge in [0.15, 0.2) is 5.13 Å². The Morgan fingerprint density at radius 1 is 1.08 bits per heavy atom. The molecule has 3 aromatic rings. The van der Waals surface area contributed by atoms with Crippen LogP contribution in [0.15, 0.2) is 48.0 Å². The van der Waals surface area contributed by atoms with Crippen molar-refractivity contribution in [3.05, 3.63) is 80.9 Å². The fraction of sp³-hybridized carbons (Fsp3) is 0.310. The van der Waals surface area contributed by atoms with E-state index in [0.717, 1.165) is 28.9 Å². The highest BCUT2D eigenvalue weighted by Crippen LogP contribution is 2.44. The summed E-state index contributed by atoms with van der Waals surface area (Å²) in [7, 11) is 0. The molecule has 38 heavy (non-hydrogen) atoms. The van der Waals surface area contributed by atoms with Crippen molar-refractivity contribution in [2.75, 3.05) is 18.1 Å². The summed E-state index contributed by atoms with van der Waals surface area (Å²) in [5.74, 6) is -1.81. The van der Waals surface area contributed by atoms with Crippen LogP contribution in [0.4, 0.5) is 5.13 Å². The Bertz CT molecular complexity index is 1420. The largest absolute Gasteiger partial charge is 0.507 e. The van der Waals surface area contributed by atoms with E-state index in [4.69, 9.17) is 9.47 Å². The number of esters is 1. The maximum atomic E-state index is 13.4. The van der Waals surface area contributed by atoms with Gasteiger partial charge >= 0.3 is 11.9 Å². The lowest BCUT2D eigenvalue weighted by Gasteiger charge is -2.23. The van der Waals surface area contributed by atoms with Crippen molar-refractivity contribution in [2.45, 2.75) is 47.1 Å². The van der Waals surface area contributed by atoms with Gasteiger partial charge in [-0.05, 0) is 63.4 Å². The fourth-order valence-corrected chi connectivity index (χ4v) is 5.28. The molecule has 1 aliphatic rings. The summed E-state index contributed by atoms with van der Waals surface area (Å²) in [5, 5.41) is 11.6. The van der Waals surface area contributed by atoms with Crippen molar-refractivity contribution < 1.29 is 29.0 Å². The summed E-state index contributed by atoms with van der Waals surface area (Å²) in [5.41, 5.74) is 3.15. The number of Topliss-reactive ketones (excluding diaryl/α,β-unsaturated/α-hetero) is 1. The van der Waals surface area contributed by atoms with Gasteiger partial charge in [0.2, 0.25) is 0 Å². The van der Waals surface area contributed by atoms with Gasteiger partial charge in [-0.25, -0.2) is 9.78 Å². The number of aromatic nitrogens is 1. The molecule has 1 saturated heterocycles. The Hall–Kier alpha value is -3.98. The number of hydrogen-bond donors (Lipinski definition) is 1. The number of ketones is 1. The van der Waals surface area contributed by atoms with E-state index in [2.05, 4.69) is 4.98 Å². The van der Waals surface area contributed by atoms with E-state index in [1.165, 1.54) is 4.90 Å². The van der Waals surface area contributed by atoms with Gasteiger partial charge in [0.25, 0.3) is 5.78 Å². The van der Waals surface area contributed by atoms with E-state index in [9.17, 15) is 19.5 Å². The van der Waals surface area contributed by atoms with Crippen LogP contribution in [-0.4, -0.2) is 41.0 Å². The number of hydrogen-bond acceptors (Lipinski definition) is 8. The van der Waals surface area contributed by atoms with Gasteiger partial charge in [-0.3, -0.25) is 14.5 Å². The van der Waals surface area contributed by atoms with Gasteiger partial charge in [0.1, 0.15) is 16.4 Å². The number of carbonyl (C=O) groups excluding carboxylic acids is 3. The van der Waals surface area contributed by atoms with Crippen molar-refractivity contribution in [1.29, 1.82) is 0 Å². The van der Waals surface area contributed by atoms with Gasteiger partial charge < -0.3 is 14.6 Å². The van der Waals surface area contributed by atoms with E-state index in [0.29, 0.717) is 29.2 Å². The number of thiazole rings is 1. The monoisotopic (exact) mass is 534 g/mol. The summed E-state index contributed by atoms with van der Waals surface area (Å²) in [6.45, 7) is 9.91. The number of aliphatic hydroxyl groups is 1. The standard InChI is InChI=1S/C29H30N2O6S/c1-6-14-37-21-13-12-20(15-17(21)4)24(32)22-23(19-10-8-16(3)9-11-19)31(27(34)25(22)33)29-30-18(5)26(38-29)28(35)36-7-2/h8-13,15,23,32H,6-7,14H2,1-5H3. The molecule has 1 aliphatic heterocycles. The number of rotatable bonds is 8. The number of benzene rings is 2. The van der Waals surface area contributed by atoms with E-state index in [1.807, 2.05) is 45.0 Å². The summed E-state index contributed by atoms with van der Waals surface area (Å²) >= 11 is 0.980. The molecule has 0 radical (unpaired) electrons. The quantitative estimate of drug-likeness (QED) is 0.172. The lowest BCUT2D eigenvalue weighted by Crippen LogP contribution is -2.29. The molecule has 0 aliphatic carbocycles. The molecule has 9 heteroatoms. The molecule has 0 saturated carbocycles. The molecule has 1 fully saturated rings. The first-order valence-electron chi connectivity index (χ1n) is 12.4. The molecule has 1 unspecified atom stereocenters. The van der Waals surface area contributed by atoms with Crippen molar-refractivity contribution in [2.24, 2.45) is 0 Å². The number of aliphatic hydroxyl groups excluding tert-OH is 1.